The van der Waals surface area contributed by atoms with Gasteiger partial charge in [-0.15, -0.1) is 0 Å². The minimum atomic E-state index is -0.905. The van der Waals surface area contributed by atoms with Crippen LogP contribution in [0.5, 0.6) is 0 Å². The molecule has 0 fully saturated rings. The standard InChI is InChI=1S/C31H54O10/c1-3-4-5-6-8-11-18-25(40-30(37)23-16-14-20-27(32)33)26(41-31(38)24-17-15-21-28(34)35)19-12-9-7-10-13-22-29(36)39-2/h25-26H,3-24H2,1-2H3,(H,32,33)(H,34,35). The summed E-state index contributed by atoms with van der Waals surface area (Å²) >= 11 is 0. The Morgan fingerprint density at radius 3 is 1.24 bits per heavy atom. The number of aliphatic carboxylic acids is 2. The van der Waals surface area contributed by atoms with E-state index in [4.69, 9.17) is 19.7 Å². The second-order valence-corrected chi connectivity index (χ2v) is 10.7. The number of carboxylic acids is 2. The summed E-state index contributed by atoms with van der Waals surface area (Å²) in [6, 6.07) is 0. The molecule has 0 radical (unpaired) electrons. The highest BCUT2D eigenvalue weighted by atomic mass is 16.6. The molecule has 10 nitrogen and oxygen atoms in total. The number of carboxylic acid groups (broad SMARTS) is 2. The van der Waals surface area contributed by atoms with E-state index in [1.165, 1.54) is 13.5 Å². The molecule has 10 heteroatoms. The third-order valence-electron chi connectivity index (χ3n) is 6.96. The lowest BCUT2D eigenvalue weighted by Gasteiger charge is -2.27. The van der Waals surface area contributed by atoms with Crippen LogP contribution in [0.4, 0.5) is 0 Å². The number of esters is 3. The minimum absolute atomic E-state index is 0.00376. The molecule has 0 aromatic carbocycles. The van der Waals surface area contributed by atoms with E-state index < -0.39 is 36.1 Å². The molecule has 2 atom stereocenters. The van der Waals surface area contributed by atoms with Gasteiger partial charge in [-0.2, -0.15) is 0 Å². The lowest BCUT2D eigenvalue weighted by Crippen LogP contribution is -2.35. The van der Waals surface area contributed by atoms with E-state index in [-0.39, 0.29) is 31.7 Å². The maximum absolute atomic E-state index is 12.7. The molecule has 0 amide bonds. The van der Waals surface area contributed by atoms with Crippen molar-refractivity contribution in [3.63, 3.8) is 0 Å². The van der Waals surface area contributed by atoms with Gasteiger partial charge in [0.25, 0.3) is 0 Å². The zero-order valence-electron chi connectivity index (χ0n) is 25.4. The Hall–Kier alpha value is -2.65. The second-order valence-electron chi connectivity index (χ2n) is 10.7. The highest BCUT2D eigenvalue weighted by Crippen LogP contribution is 2.22. The van der Waals surface area contributed by atoms with E-state index in [9.17, 15) is 24.0 Å². The van der Waals surface area contributed by atoms with Gasteiger partial charge in [-0.05, 0) is 57.8 Å². The smallest absolute Gasteiger partial charge is 0.306 e. The molecule has 0 bridgehead atoms. The Labute approximate surface area is 245 Å². The molecule has 0 aromatic heterocycles. The van der Waals surface area contributed by atoms with E-state index in [1.807, 2.05) is 0 Å². The van der Waals surface area contributed by atoms with E-state index in [0.29, 0.717) is 44.9 Å². The first-order chi connectivity index (χ1) is 19.7. The molecule has 41 heavy (non-hydrogen) atoms. The maximum atomic E-state index is 12.7. The molecule has 0 aliphatic heterocycles. The molecule has 2 N–H and O–H groups in total. The number of rotatable bonds is 28. The van der Waals surface area contributed by atoms with E-state index in [2.05, 4.69) is 11.7 Å². The second kappa shape index (κ2) is 26.3. The third kappa shape index (κ3) is 24.8. The van der Waals surface area contributed by atoms with Gasteiger partial charge >= 0.3 is 29.8 Å². The van der Waals surface area contributed by atoms with Gasteiger partial charge in [0.1, 0.15) is 12.2 Å². The van der Waals surface area contributed by atoms with Crippen molar-refractivity contribution in [2.45, 2.75) is 160 Å². The quantitative estimate of drug-likeness (QED) is 0.0571. The summed E-state index contributed by atoms with van der Waals surface area (Å²) in [5, 5.41) is 17.7. The molecule has 0 aliphatic rings. The Balaban J connectivity index is 5.17. The Bertz CT molecular complexity index is 736. The molecule has 0 rings (SSSR count). The van der Waals surface area contributed by atoms with Crippen LogP contribution in [0, 0.1) is 0 Å². The Morgan fingerprint density at radius 2 is 0.829 bits per heavy atom. The summed E-state index contributed by atoms with van der Waals surface area (Å²) in [7, 11) is 1.38. The molecule has 0 saturated heterocycles. The van der Waals surface area contributed by atoms with Crippen molar-refractivity contribution >= 4 is 29.8 Å². The number of carbonyl (C=O) groups excluding carboxylic acids is 3. The molecule has 238 valence electrons. The molecule has 0 heterocycles. The van der Waals surface area contributed by atoms with Crippen LogP contribution in [0.3, 0.4) is 0 Å². The highest BCUT2D eigenvalue weighted by molar-refractivity contribution is 5.71. The molecule has 0 aliphatic carbocycles. The van der Waals surface area contributed by atoms with E-state index >= 15 is 0 Å². The van der Waals surface area contributed by atoms with Crippen LogP contribution in [0.25, 0.3) is 0 Å². The van der Waals surface area contributed by atoms with Crippen LogP contribution < -0.4 is 0 Å². The first-order valence-corrected chi connectivity index (χ1v) is 15.6. The molecule has 0 aromatic rings. The molecular formula is C31H54O10. The lowest BCUT2D eigenvalue weighted by molar-refractivity contribution is -0.169. The summed E-state index contributed by atoms with van der Waals surface area (Å²) in [6.45, 7) is 2.16. The van der Waals surface area contributed by atoms with Crippen molar-refractivity contribution in [2.75, 3.05) is 7.11 Å². The summed E-state index contributed by atoms with van der Waals surface area (Å²) in [4.78, 5) is 58.2. The average molecular weight is 587 g/mol. The fourth-order valence-corrected chi connectivity index (χ4v) is 4.56. The molecule has 0 spiro atoms. The van der Waals surface area contributed by atoms with Crippen molar-refractivity contribution in [2.24, 2.45) is 0 Å². The largest absolute Gasteiger partial charge is 0.481 e. The van der Waals surface area contributed by atoms with E-state index in [1.54, 1.807) is 0 Å². The van der Waals surface area contributed by atoms with E-state index in [0.717, 1.165) is 64.2 Å². The first-order valence-electron chi connectivity index (χ1n) is 15.6. The maximum Gasteiger partial charge on any atom is 0.306 e. The first kappa shape index (κ1) is 38.4. The predicted octanol–water partition coefficient (Wildman–Crippen LogP) is 6.75. The molecular weight excluding hydrogens is 532 g/mol. The van der Waals surface area contributed by atoms with Gasteiger partial charge in [-0.3, -0.25) is 24.0 Å². The van der Waals surface area contributed by atoms with Gasteiger partial charge in [0.2, 0.25) is 0 Å². The van der Waals surface area contributed by atoms with Crippen LogP contribution in [-0.4, -0.2) is 59.4 Å². The Morgan fingerprint density at radius 1 is 0.488 bits per heavy atom. The Kier molecular flexibility index (Phi) is 24.6. The summed E-state index contributed by atoms with van der Waals surface area (Å²) in [5.74, 6) is -2.87. The highest BCUT2D eigenvalue weighted by Gasteiger charge is 2.28. The van der Waals surface area contributed by atoms with Crippen molar-refractivity contribution < 1.29 is 48.4 Å². The SMILES string of the molecule is CCCCCCCCC(OC(=O)CCCCC(=O)O)C(CCCCCCCC(=O)OC)OC(=O)CCCCC(=O)O. The number of carbonyl (C=O) groups is 5. The van der Waals surface area contributed by atoms with Crippen LogP contribution in [0.15, 0.2) is 0 Å². The third-order valence-corrected chi connectivity index (χ3v) is 6.96. The van der Waals surface area contributed by atoms with Gasteiger partial charge in [0.15, 0.2) is 0 Å². The number of unbranched alkanes of at least 4 members (excludes halogenated alkanes) is 11. The van der Waals surface area contributed by atoms with Crippen molar-refractivity contribution in [1.29, 1.82) is 0 Å². The summed E-state index contributed by atoms with van der Waals surface area (Å²) in [5.41, 5.74) is 0. The van der Waals surface area contributed by atoms with Crippen molar-refractivity contribution in [3.8, 4) is 0 Å². The summed E-state index contributed by atoms with van der Waals surface area (Å²) < 4.78 is 16.4. The minimum Gasteiger partial charge on any atom is -0.481 e. The monoisotopic (exact) mass is 586 g/mol. The fourth-order valence-electron chi connectivity index (χ4n) is 4.56. The lowest BCUT2D eigenvalue weighted by atomic mass is 9.99. The fraction of sp³-hybridized carbons (Fsp3) is 0.839. The van der Waals surface area contributed by atoms with Crippen molar-refractivity contribution in [1.82, 2.24) is 0 Å². The topological polar surface area (TPSA) is 154 Å². The average Bonchev–Trinajstić information content (AvgIpc) is 2.93. The van der Waals surface area contributed by atoms with Gasteiger partial charge in [-0.1, -0.05) is 58.3 Å². The van der Waals surface area contributed by atoms with Crippen LogP contribution in [0.2, 0.25) is 0 Å². The van der Waals surface area contributed by atoms with Crippen LogP contribution in [0.1, 0.15) is 148 Å². The number of hydrogen-bond acceptors (Lipinski definition) is 8. The van der Waals surface area contributed by atoms with Crippen LogP contribution >= 0.6 is 0 Å². The van der Waals surface area contributed by atoms with Crippen LogP contribution in [-0.2, 0) is 38.2 Å². The summed E-state index contributed by atoms with van der Waals surface area (Å²) in [6.07, 6.45) is 12.7. The van der Waals surface area contributed by atoms with Gasteiger partial charge in [0, 0.05) is 32.1 Å². The van der Waals surface area contributed by atoms with Crippen molar-refractivity contribution in [3.05, 3.63) is 0 Å². The predicted molar refractivity (Wildman–Crippen MR) is 154 cm³/mol. The van der Waals surface area contributed by atoms with Gasteiger partial charge < -0.3 is 24.4 Å². The zero-order valence-corrected chi connectivity index (χ0v) is 25.4. The number of hydrogen-bond donors (Lipinski definition) is 2. The normalized spacial score (nSPS) is 12.3. The van der Waals surface area contributed by atoms with Gasteiger partial charge in [-0.25, -0.2) is 0 Å². The number of methoxy groups -OCH3 is 1. The molecule has 2 unspecified atom stereocenters. The van der Waals surface area contributed by atoms with Gasteiger partial charge in [0.05, 0.1) is 7.11 Å². The zero-order chi connectivity index (χ0) is 30.7. The molecule has 0 saturated carbocycles. The number of ether oxygens (including phenoxy) is 3.